The number of hydrogen-bond donors (Lipinski definition) is 1. The molecule has 3 N–H and O–H groups in total. The highest BCUT2D eigenvalue weighted by Gasteiger charge is 2.54. The smallest absolute Gasteiger partial charge is 0.399 e. The van der Waals surface area contributed by atoms with Crippen LogP contribution in [0.4, 0.5) is 4.39 Å². The van der Waals surface area contributed by atoms with Gasteiger partial charge in [-0.05, 0) is 45.4 Å². The third-order valence-electron chi connectivity index (χ3n) is 4.07. The first-order valence-electron chi connectivity index (χ1n) is 6.64. The zero-order valence-electron chi connectivity index (χ0n) is 12.1. The van der Waals surface area contributed by atoms with Crippen LogP contribution in [0.1, 0.15) is 33.3 Å². The van der Waals surface area contributed by atoms with E-state index in [1.165, 1.54) is 12.1 Å². The van der Waals surface area contributed by atoms with Gasteiger partial charge in [0.15, 0.2) is 0 Å². The second-order valence-corrected chi connectivity index (χ2v) is 6.22. The topological polar surface area (TPSA) is 46.1 Å². The van der Waals surface area contributed by atoms with Crippen molar-refractivity contribution in [3.05, 3.63) is 35.6 Å². The van der Waals surface area contributed by atoms with Gasteiger partial charge in [-0.15, -0.1) is 0 Å². The molecule has 5 heteroatoms. The molecule has 0 aromatic heterocycles. The van der Waals surface area contributed by atoms with Crippen molar-refractivity contribution in [1.29, 1.82) is 0 Å². The van der Waals surface area contributed by atoms with E-state index < -0.39 is 0 Å². The number of benzene rings is 1. The number of halogens is 1. The first kappa shape index (κ1) is 14.5. The summed E-state index contributed by atoms with van der Waals surface area (Å²) in [4.78, 5) is 0. The Morgan fingerprint density at radius 3 is 2.05 bits per heavy atom. The molecule has 1 aliphatic heterocycles. The Morgan fingerprint density at radius 1 is 1.11 bits per heavy atom. The lowest BCUT2D eigenvalue weighted by Gasteiger charge is -2.32. The van der Waals surface area contributed by atoms with E-state index in [0.29, 0.717) is 6.42 Å². The highest BCUT2D eigenvalue weighted by molar-refractivity contribution is 6.46. The van der Waals surface area contributed by atoms with Crippen LogP contribution in [0, 0.1) is 5.82 Å². The lowest BCUT2D eigenvalue weighted by Crippen LogP contribution is -2.69. The van der Waals surface area contributed by atoms with Crippen molar-refractivity contribution < 1.29 is 19.4 Å². The molecular weight excluding hydrogens is 244 g/mol. The van der Waals surface area contributed by atoms with Crippen LogP contribution in [-0.4, -0.2) is 24.3 Å². The van der Waals surface area contributed by atoms with E-state index >= 15 is 0 Å². The Hall–Kier alpha value is -0.905. The van der Waals surface area contributed by atoms with E-state index in [4.69, 9.17) is 9.31 Å². The van der Waals surface area contributed by atoms with Gasteiger partial charge in [-0.1, -0.05) is 12.1 Å². The van der Waals surface area contributed by atoms with Gasteiger partial charge in [0, 0.05) is 6.42 Å². The number of hydrogen-bond acceptors (Lipinski definition) is 2. The third kappa shape index (κ3) is 2.99. The van der Waals surface area contributed by atoms with Crippen LogP contribution in [0.25, 0.3) is 0 Å². The second kappa shape index (κ2) is 4.89. The Kier molecular flexibility index (Phi) is 3.73. The van der Waals surface area contributed by atoms with Crippen LogP contribution in [0.3, 0.4) is 0 Å². The van der Waals surface area contributed by atoms with Crippen molar-refractivity contribution in [3.63, 3.8) is 0 Å². The molecule has 3 nitrogen and oxygen atoms in total. The molecule has 0 spiro atoms. The lowest BCUT2D eigenvalue weighted by atomic mass is 9.75. The second-order valence-electron chi connectivity index (χ2n) is 6.22. The standard InChI is InChI=1S/C14H21BFNO2/c1-13(2)14(3,4)19-15(18-13)12(17)9-10-5-7-11(16)8-6-10/h5-8,12H,9,17H2,1-4H3/p+1. The fourth-order valence-electron chi connectivity index (χ4n) is 2.10. The molecule has 0 saturated carbocycles. The molecule has 1 atom stereocenters. The van der Waals surface area contributed by atoms with Crippen LogP contribution in [0.15, 0.2) is 24.3 Å². The van der Waals surface area contributed by atoms with Gasteiger partial charge in [0.25, 0.3) is 0 Å². The average molecular weight is 266 g/mol. The summed E-state index contributed by atoms with van der Waals surface area (Å²) in [6, 6.07) is 6.48. The normalized spacial score (nSPS) is 22.5. The quantitative estimate of drug-likeness (QED) is 0.845. The van der Waals surface area contributed by atoms with Gasteiger partial charge < -0.3 is 15.0 Å². The highest BCUT2D eigenvalue weighted by Crippen LogP contribution is 2.37. The molecule has 1 heterocycles. The molecule has 1 saturated heterocycles. The molecule has 1 aliphatic rings. The lowest BCUT2D eigenvalue weighted by molar-refractivity contribution is -0.397. The van der Waals surface area contributed by atoms with Gasteiger partial charge in [0.1, 0.15) is 11.8 Å². The van der Waals surface area contributed by atoms with Crippen LogP contribution < -0.4 is 5.73 Å². The molecule has 0 aliphatic carbocycles. The number of rotatable bonds is 3. The molecule has 0 bridgehead atoms. The Labute approximate surface area is 114 Å². The summed E-state index contributed by atoms with van der Waals surface area (Å²) in [7, 11) is -0.324. The third-order valence-corrected chi connectivity index (χ3v) is 4.07. The van der Waals surface area contributed by atoms with Gasteiger partial charge >= 0.3 is 7.12 Å². The van der Waals surface area contributed by atoms with Crippen molar-refractivity contribution in [1.82, 2.24) is 0 Å². The fourth-order valence-corrected chi connectivity index (χ4v) is 2.10. The summed E-state index contributed by atoms with van der Waals surface area (Å²) in [5.41, 5.74) is 4.49. The summed E-state index contributed by atoms with van der Waals surface area (Å²) in [6.45, 7) is 8.10. The van der Waals surface area contributed by atoms with Crippen molar-refractivity contribution in [3.8, 4) is 0 Å². The van der Waals surface area contributed by atoms with Gasteiger partial charge in [-0.25, -0.2) is 4.39 Å². The summed E-state index contributed by atoms with van der Waals surface area (Å²) in [5.74, 6) is -0.244. The minimum atomic E-state index is -0.337. The van der Waals surface area contributed by atoms with Crippen LogP contribution in [0.5, 0.6) is 0 Å². The van der Waals surface area contributed by atoms with Gasteiger partial charge in [-0.2, -0.15) is 0 Å². The van der Waals surface area contributed by atoms with Gasteiger partial charge in [0.05, 0.1) is 11.2 Å². The van der Waals surface area contributed by atoms with Crippen molar-refractivity contribution in [2.75, 3.05) is 0 Å². The van der Waals surface area contributed by atoms with E-state index in [0.717, 1.165) is 5.56 Å². The minimum Gasteiger partial charge on any atom is -0.399 e. The zero-order valence-corrected chi connectivity index (χ0v) is 12.1. The monoisotopic (exact) mass is 266 g/mol. The highest BCUT2D eigenvalue weighted by atomic mass is 19.1. The molecule has 2 rings (SSSR count). The van der Waals surface area contributed by atoms with Crippen LogP contribution in [0.2, 0.25) is 0 Å². The summed E-state index contributed by atoms with van der Waals surface area (Å²) in [5, 5.41) is 0. The summed E-state index contributed by atoms with van der Waals surface area (Å²) >= 11 is 0. The van der Waals surface area contributed by atoms with E-state index in [2.05, 4.69) is 5.73 Å². The maximum Gasteiger partial charge on any atom is 0.522 e. The molecule has 0 amide bonds. The van der Waals surface area contributed by atoms with E-state index in [1.807, 2.05) is 27.7 Å². The van der Waals surface area contributed by atoms with Crippen molar-refractivity contribution in [2.24, 2.45) is 0 Å². The largest absolute Gasteiger partial charge is 0.522 e. The molecule has 19 heavy (non-hydrogen) atoms. The van der Waals surface area contributed by atoms with E-state index in [1.54, 1.807) is 12.1 Å². The number of quaternary nitrogens is 1. The average Bonchev–Trinajstić information content (AvgIpc) is 2.51. The maximum atomic E-state index is 12.9. The van der Waals surface area contributed by atoms with Crippen LogP contribution >= 0.6 is 0 Å². The molecule has 1 unspecified atom stereocenters. The van der Waals surface area contributed by atoms with E-state index in [9.17, 15) is 4.39 Å². The molecule has 1 aromatic rings. The Balaban J connectivity index is 2.02. The van der Waals surface area contributed by atoms with Crippen molar-refractivity contribution >= 4 is 7.12 Å². The first-order chi connectivity index (χ1) is 8.71. The SMILES string of the molecule is CC1(C)OB(C([NH3+])Cc2ccc(F)cc2)OC1(C)C. The summed E-state index contributed by atoms with van der Waals surface area (Å²) < 4.78 is 24.8. The predicted octanol–water partition coefficient (Wildman–Crippen LogP) is 1.61. The maximum absolute atomic E-state index is 12.9. The van der Waals surface area contributed by atoms with Crippen molar-refractivity contribution in [2.45, 2.75) is 51.3 Å². The molecule has 1 aromatic carbocycles. The first-order valence-corrected chi connectivity index (χ1v) is 6.64. The molecular formula is C14H22BFNO2+. The molecule has 104 valence electrons. The fraction of sp³-hybridized carbons (Fsp3) is 0.571. The van der Waals surface area contributed by atoms with Crippen LogP contribution in [-0.2, 0) is 15.7 Å². The Morgan fingerprint density at radius 2 is 1.58 bits per heavy atom. The Bertz CT molecular complexity index is 431. The van der Waals surface area contributed by atoms with Gasteiger partial charge in [0.2, 0.25) is 0 Å². The minimum absolute atomic E-state index is 0.0217. The predicted molar refractivity (Wildman–Crippen MR) is 72.9 cm³/mol. The molecule has 1 fully saturated rings. The summed E-state index contributed by atoms with van der Waals surface area (Å²) in [6.07, 6.45) is 0.705. The molecule has 0 radical (unpaired) electrons. The van der Waals surface area contributed by atoms with Gasteiger partial charge in [-0.3, -0.25) is 0 Å². The zero-order chi connectivity index (χ0) is 14.3. The van der Waals surface area contributed by atoms with E-state index in [-0.39, 0.29) is 30.1 Å².